The zero-order valence-electron chi connectivity index (χ0n) is 12.8. The first-order valence-corrected chi connectivity index (χ1v) is 8.84. The average molecular weight is 340 g/mol. The minimum atomic E-state index is -1.01. The molecule has 0 saturated carbocycles. The second-order valence-electron chi connectivity index (χ2n) is 5.22. The zero-order chi connectivity index (χ0) is 16.8. The Kier molecular flexibility index (Phi) is 5.12. The van der Waals surface area contributed by atoms with Crippen LogP contribution in [0.4, 0.5) is 5.69 Å². The second-order valence-corrected chi connectivity index (χ2v) is 6.68. The largest absolute Gasteiger partial charge is 0.321 e. The van der Waals surface area contributed by atoms with Crippen molar-refractivity contribution >= 4 is 22.4 Å². The lowest BCUT2D eigenvalue weighted by Gasteiger charge is -2.07. The third-order valence-electron chi connectivity index (χ3n) is 3.33. The third-order valence-corrected chi connectivity index (χ3v) is 4.64. The van der Waals surface area contributed by atoms with E-state index in [4.69, 9.17) is 0 Å². The lowest BCUT2D eigenvalue weighted by Crippen LogP contribution is -2.12. The Hall–Kier alpha value is -2.80. The number of amides is 1. The maximum Gasteiger partial charge on any atom is 0.277 e. The lowest BCUT2D eigenvalue weighted by atomic mass is 10.2. The predicted molar refractivity (Wildman–Crippen MR) is 92.8 cm³/mol. The first-order valence-electron chi connectivity index (χ1n) is 7.35. The van der Waals surface area contributed by atoms with Gasteiger partial charge in [-0.2, -0.15) is 15.4 Å². The molecule has 24 heavy (non-hydrogen) atoms. The molecular formula is C17H16N4O2S. The van der Waals surface area contributed by atoms with Crippen LogP contribution in [0.15, 0.2) is 60.8 Å². The fraction of sp³-hybridized carbons (Fsp3) is 0.118. The van der Waals surface area contributed by atoms with Crippen molar-refractivity contribution in [2.24, 2.45) is 0 Å². The van der Waals surface area contributed by atoms with Crippen LogP contribution in [0, 0.1) is 0 Å². The Morgan fingerprint density at radius 3 is 2.54 bits per heavy atom. The monoisotopic (exact) mass is 340 g/mol. The number of H-pyrrole nitrogens is 1. The van der Waals surface area contributed by atoms with Gasteiger partial charge in [0.25, 0.3) is 5.91 Å². The van der Waals surface area contributed by atoms with Crippen molar-refractivity contribution in [2.75, 3.05) is 5.32 Å². The number of aromatic nitrogens is 3. The highest BCUT2D eigenvalue weighted by Crippen LogP contribution is 2.15. The molecule has 122 valence electrons. The van der Waals surface area contributed by atoms with Crippen molar-refractivity contribution in [3.8, 4) is 0 Å². The molecule has 0 aliphatic rings. The maximum atomic E-state index is 12.3. The first kappa shape index (κ1) is 16.1. The van der Waals surface area contributed by atoms with E-state index in [1.54, 1.807) is 6.07 Å². The van der Waals surface area contributed by atoms with Crippen molar-refractivity contribution < 1.29 is 9.00 Å². The molecular weight excluding hydrogens is 324 g/mol. The molecule has 1 amide bonds. The third kappa shape index (κ3) is 4.36. The zero-order valence-corrected chi connectivity index (χ0v) is 13.6. The van der Waals surface area contributed by atoms with Crippen LogP contribution < -0.4 is 5.32 Å². The van der Waals surface area contributed by atoms with E-state index in [9.17, 15) is 9.00 Å². The molecule has 7 heteroatoms. The fourth-order valence-electron chi connectivity index (χ4n) is 2.24. The molecule has 1 heterocycles. The van der Waals surface area contributed by atoms with Crippen molar-refractivity contribution in [3.63, 3.8) is 0 Å². The molecule has 0 radical (unpaired) electrons. The maximum absolute atomic E-state index is 12.3. The highest BCUT2D eigenvalue weighted by Gasteiger charge is 2.10. The number of hydrogen-bond donors (Lipinski definition) is 2. The molecule has 0 saturated heterocycles. The molecule has 0 fully saturated rings. The Morgan fingerprint density at radius 2 is 1.79 bits per heavy atom. The van der Waals surface area contributed by atoms with Gasteiger partial charge in [-0.25, -0.2) is 0 Å². The highest BCUT2D eigenvalue weighted by atomic mass is 32.2. The van der Waals surface area contributed by atoms with Crippen LogP contribution in [-0.2, 0) is 22.3 Å². The van der Waals surface area contributed by atoms with Gasteiger partial charge in [0.05, 0.1) is 6.20 Å². The van der Waals surface area contributed by atoms with Crippen LogP contribution in [0.2, 0.25) is 0 Å². The topological polar surface area (TPSA) is 87.7 Å². The van der Waals surface area contributed by atoms with Crippen LogP contribution in [0.5, 0.6) is 0 Å². The van der Waals surface area contributed by atoms with Crippen molar-refractivity contribution in [1.29, 1.82) is 0 Å². The molecule has 0 spiro atoms. The smallest absolute Gasteiger partial charge is 0.277 e. The molecule has 2 aromatic carbocycles. The van der Waals surface area contributed by atoms with Crippen LogP contribution in [0.1, 0.15) is 21.6 Å². The van der Waals surface area contributed by atoms with E-state index in [2.05, 4.69) is 20.7 Å². The quantitative estimate of drug-likeness (QED) is 0.722. The van der Waals surface area contributed by atoms with Gasteiger partial charge in [-0.15, -0.1) is 0 Å². The summed E-state index contributed by atoms with van der Waals surface area (Å²) in [5.74, 6) is 0.602. The van der Waals surface area contributed by atoms with Crippen LogP contribution in [0.25, 0.3) is 0 Å². The predicted octanol–water partition coefficient (Wildman–Crippen LogP) is 2.51. The van der Waals surface area contributed by atoms with Gasteiger partial charge in [0.15, 0.2) is 5.69 Å². The summed E-state index contributed by atoms with van der Waals surface area (Å²) in [4.78, 5) is 12.0. The number of nitrogens with one attached hydrogen (secondary N) is 2. The summed E-state index contributed by atoms with van der Waals surface area (Å²) in [6.07, 6.45) is 1.36. The van der Waals surface area contributed by atoms with Crippen molar-refractivity contribution in [2.45, 2.75) is 11.5 Å². The molecule has 1 aromatic heterocycles. The van der Waals surface area contributed by atoms with E-state index in [0.717, 1.165) is 11.1 Å². The normalized spacial score (nSPS) is 11.8. The van der Waals surface area contributed by atoms with E-state index in [0.29, 0.717) is 17.2 Å². The van der Waals surface area contributed by atoms with Crippen LogP contribution in [-0.4, -0.2) is 25.5 Å². The Bertz CT molecular complexity index is 835. The van der Waals surface area contributed by atoms with Gasteiger partial charge < -0.3 is 5.32 Å². The minimum absolute atomic E-state index is 0.216. The summed E-state index contributed by atoms with van der Waals surface area (Å²) in [7, 11) is -1.01. The van der Waals surface area contributed by atoms with Gasteiger partial charge in [0.2, 0.25) is 0 Å². The summed E-state index contributed by atoms with van der Waals surface area (Å²) in [5.41, 5.74) is 2.80. The van der Waals surface area contributed by atoms with Gasteiger partial charge in [-0.05, 0) is 23.3 Å². The fourth-order valence-corrected chi connectivity index (χ4v) is 3.46. The molecule has 3 rings (SSSR count). The van der Waals surface area contributed by atoms with E-state index >= 15 is 0 Å². The summed E-state index contributed by atoms with van der Waals surface area (Å²) >= 11 is 0. The first-order chi connectivity index (χ1) is 11.7. The van der Waals surface area contributed by atoms with E-state index in [-0.39, 0.29) is 11.6 Å². The van der Waals surface area contributed by atoms with Gasteiger partial charge in [0.1, 0.15) is 0 Å². The molecule has 0 aliphatic heterocycles. The summed E-state index contributed by atoms with van der Waals surface area (Å²) in [5, 5.41) is 12.5. The van der Waals surface area contributed by atoms with E-state index in [1.165, 1.54) is 6.20 Å². The molecule has 1 atom stereocenters. The average Bonchev–Trinajstić information content (AvgIpc) is 3.10. The number of benzene rings is 2. The number of anilines is 1. The number of hydrogen-bond acceptors (Lipinski definition) is 4. The number of carbonyl (C=O) groups is 1. The minimum Gasteiger partial charge on any atom is -0.321 e. The molecule has 2 N–H and O–H groups in total. The number of nitrogens with zero attached hydrogens (tertiary/aromatic N) is 2. The summed E-state index contributed by atoms with van der Waals surface area (Å²) in [6, 6.07) is 17.1. The molecule has 1 unspecified atom stereocenters. The van der Waals surface area contributed by atoms with Gasteiger partial charge in [0, 0.05) is 28.0 Å². The van der Waals surface area contributed by atoms with Crippen molar-refractivity contribution in [3.05, 3.63) is 77.6 Å². The lowest BCUT2D eigenvalue weighted by molar-refractivity contribution is 0.102. The van der Waals surface area contributed by atoms with Crippen molar-refractivity contribution in [1.82, 2.24) is 15.4 Å². The van der Waals surface area contributed by atoms with E-state index in [1.807, 2.05) is 48.5 Å². The van der Waals surface area contributed by atoms with Gasteiger partial charge in [-0.1, -0.05) is 42.5 Å². The Balaban J connectivity index is 1.62. The second kappa shape index (κ2) is 7.65. The number of rotatable bonds is 6. The summed E-state index contributed by atoms with van der Waals surface area (Å²) in [6.45, 7) is 0. The molecule has 0 bridgehead atoms. The SMILES string of the molecule is O=C(Nc1cccc(CS(=O)Cc2ccccc2)c1)c1cn[nH]n1. The number of aromatic amines is 1. The highest BCUT2D eigenvalue weighted by molar-refractivity contribution is 7.83. The Labute approximate surface area is 141 Å². The van der Waals surface area contributed by atoms with Gasteiger partial charge >= 0.3 is 0 Å². The summed E-state index contributed by atoms with van der Waals surface area (Å²) < 4.78 is 12.3. The molecule has 0 aliphatic carbocycles. The van der Waals surface area contributed by atoms with E-state index < -0.39 is 10.8 Å². The van der Waals surface area contributed by atoms with Gasteiger partial charge in [-0.3, -0.25) is 9.00 Å². The Morgan fingerprint density at radius 1 is 1.04 bits per heavy atom. The van der Waals surface area contributed by atoms with Crippen LogP contribution >= 0.6 is 0 Å². The number of carbonyl (C=O) groups excluding carboxylic acids is 1. The standard InChI is InChI=1S/C17H16N4O2S/c22-17(16-10-18-21-20-16)19-15-8-4-7-14(9-15)12-24(23)11-13-5-2-1-3-6-13/h1-10H,11-12H2,(H,19,22)(H,18,20,21). The van der Waals surface area contributed by atoms with Crippen LogP contribution in [0.3, 0.4) is 0 Å². The molecule has 6 nitrogen and oxygen atoms in total. The molecule has 3 aromatic rings.